The minimum absolute atomic E-state index is 0.205. The van der Waals surface area contributed by atoms with Crippen LogP contribution in [-0.2, 0) is 19.9 Å². The molecular formula is C15H18BrNO3S. The van der Waals surface area contributed by atoms with E-state index in [1.54, 1.807) is 0 Å². The normalized spacial score (nSPS) is 25.2. The number of halogens is 1. The lowest BCUT2D eigenvalue weighted by Crippen LogP contribution is -2.48. The first-order valence-electron chi connectivity index (χ1n) is 6.60. The van der Waals surface area contributed by atoms with Crippen molar-refractivity contribution in [2.75, 3.05) is 0 Å². The molecule has 1 heterocycles. The lowest BCUT2D eigenvalue weighted by atomic mass is 9.88. The molecule has 0 amide bonds. The molecule has 1 saturated heterocycles. The molecule has 4 nitrogen and oxygen atoms in total. The van der Waals surface area contributed by atoms with Crippen molar-refractivity contribution in [1.29, 1.82) is 0 Å². The van der Waals surface area contributed by atoms with Crippen molar-refractivity contribution in [1.82, 2.24) is 5.32 Å². The van der Waals surface area contributed by atoms with E-state index in [0.717, 1.165) is 10.0 Å². The summed E-state index contributed by atoms with van der Waals surface area (Å²) < 4.78 is 12.1. The zero-order valence-electron chi connectivity index (χ0n) is 12.4. The Kier molecular flexibility index (Phi) is 4.31. The number of thiocarbonyl (C=S) groups is 1. The minimum atomic E-state index is -0.889. The molecule has 1 aromatic rings. The number of ether oxygens (including phenoxy) is 2. The fraction of sp³-hybridized carbons (Fsp3) is 0.467. The van der Waals surface area contributed by atoms with Crippen LogP contribution in [-0.4, -0.2) is 22.8 Å². The molecule has 2 atom stereocenters. The molecule has 1 fully saturated rings. The van der Waals surface area contributed by atoms with Crippen LogP contribution in [0.2, 0.25) is 0 Å². The van der Waals surface area contributed by atoms with Crippen LogP contribution in [0, 0.1) is 0 Å². The van der Waals surface area contributed by atoms with Crippen LogP contribution in [0.25, 0.3) is 0 Å². The van der Waals surface area contributed by atoms with Gasteiger partial charge in [0.1, 0.15) is 5.60 Å². The number of carbonyl (C=O) groups excluding carboxylic acids is 1. The summed E-state index contributed by atoms with van der Waals surface area (Å²) in [5.74, 6) is -0.382. The molecule has 0 spiro atoms. The Morgan fingerprint density at radius 2 is 1.95 bits per heavy atom. The van der Waals surface area contributed by atoms with Gasteiger partial charge in [-0.25, -0.2) is 4.79 Å². The van der Waals surface area contributed by atoms with Gasteiger partial charge in [-0.05, 0) is 57.6 Å². The Bertz CT molecular complexity index is 567. The van der Waals surface area contributed by atoms with Gasteiger partial charge in [-0.3, -0.25) is 0 Å². The van der Waals surface area contributed by atoms with Gasteiger partial charge in [0.15, 0.2) is 11.6 Å². The van der Waals surface area contributed by atoms with Gasteiger partial charge in [-0.15, -0.1) is 0 Å². The summed E-state index contributed by atoms with van der Waals surface area (Å²) in [4.78, 5) is 12.4. The van der Waals surface area contributed by atoms with E-state index in [4.69, 9.17) is 21.7 Å². The molecule has 0 unspecified atom stereocenters. The van der Waals surface area contributed by atoms with Crippen LogP contribution in [0.1, 0.15) is 33.3 Å². The van der Waals surface area contributed by atoms with E-state index in [9.17, 15) is 4.79 Å². The second-order valence-electron chi connectivity index (χ2n) is 6.11. The predicted octanol–water partition coefficient (Wildman–Crippen LogP) is 3.28. The summed E-state index contributed by atoms with van der Waals surface area (Å²) in [5, 5.41) is 3.11. The average Bonchev–Trinajstić information content (AvgIpc) is 2.64. The summed E-state index contributed by atoms with van der Waals surface area (Å²) in [5.41, 5.74) is -0.599. The van der Waals surface area contributed by atoms with E-state index >= 15 is 0 Å². The Balaban J connectivity index is 2.33. The van der Waals surface area contributed by atoms with E-state index in [0.29, 0.717) is 0 Å². The van der Waals surface area contributed by atoms with Gasteiger partial charge in [0, 0.05) is 4.47 Å². The highest BCUT2D eigenvalue weighted by Gasteiger charge is 2.50. The quantitative estimate of drug-likeness (QED) is 0.638. The summed E-state index contributed by atoms with van der Waals surface area (Å²) in [6, 6.07) is 6.92. The van der Waals surface area contributed by atoms with Crippen molar-refractivity contribution in [3.63, 3.8) is 0 Å². The van der Waals surface area contributed by atoms with Crippen molar-refractivity contribution in [2.24, 2.45) is 0 Å². The molecule has 1 N–H and O–H groups in total. The highest BCUT2D eigenvalue weighted by Crippen LogP contribution is 2.35. The number of nitrogens with one attached hydrogen (secondary N) is 1. The van der Waals surface area contributed by atoms with Gasteiger partial charge >= 0.3 is 5.97 Å². The molecule has 0 radical (unpaired) electrons. The van der Waals surface area contributed by atoms with Crippen LogP contribution in [0.4, 0.5) is 0 Å². The fourth-order valence-electron chi connectivity index (χ4n) is 2.19. The van der Waals surface area contributed by atoms with Crippen molar-refractivity contribution >= 4 is 39.3 Å². The Morgan fingerprint density at radius 1 is 1.38 bits per heavy atom. The van der Waals surface area contributed by atoms with Gasteiger partial charge in [0.05, 0.1) is 0 Å². The standard InChI is InChI=1S/C15H18BrNO3S/c1-14(2,3)19-12(18)11-15(4,20-13(21)17-11)9-5-7-10(16)8-6-9/h5-8,11H,1-4H3,(H,17,21)/t11-,15-/m0/s1. The molecular weight excluding hydrogens is 354 g/mol. The predicted molar refractivity (Wildman–Crippen MR) is 87.9 cm³/mol. The molecule has 1 aliphatic heterocycles. The molecule has 6 heteroatoms. The summed E-state index contributed by atoms with van der Waals surface area (Å²) in [6.07, 6.45) is 0. The molecule has 1 aromatic carbocycles. The summed E-state index contributed by atoms with van der Waals surface area (Å²) in [6.45, 7) is 7.32. The van der Waals surface area contributed by atoms with E-state index in [1.165, 1.54) is 0 Å². The summed E-state index contributed by atoms with van der Waals surface area (Å²) >= 11 is 8.47. The minimum Gasteiger partial charge on any atom is -0.458 e. The SMILES string of the molecule is CC(C)(C)OC(=O)[C@@H]1NC(=S)O[C@@]1(C)c1ccc(Br)cc1. The first-order valence-corrected chi connectivity index (χ1v) is 7.80. The maximum Gasteiger partial charge on any atom is 0.333 e. The molecule has 2 rings (SSSR count). The van der Waals surface area contributed by atoms with Crippen LogP contribution >= 0.6 is 28.1 Å². The number of carbonyl (C=O) groups is 1. The third kappa shape index (κ3) is 3.55. The Labute approximate surface area is 138 Å². The molecule has 0 saturated carbocycles. The van der Waals surface area contributed by atoms with Gasteiger partial charge < -0.3 is 14.8 Å². The first kappa shape index (κ1) is 16.2. The van der Waals surface area contributed by atoms with Crippen LogP contribution in [0.3, 0.4) is 0 Å². The smallest absolute Gasteiger partial charge is 0.333 e. The maximum absolute atomic E-state index is 12.4. The highest BCUT2D eigenvalue weighted by atomic mass is 79.9. The van der Waals surface area contributed by atoms with E-state index in [2.05, 4.69) is 21.2 Å². The number of benzene rings is 1. The number of hydrogen-bond donors (Lipinski definition) is 1. The van der Waals surface area contributed by atoms with Gasteiger partial charge in [0.25, 0.3) is 5.17 Å². The molecule has 0 aliphatic carbocycles. The van der Waals surface area contributed by atoms with E-state index in [-0.39, 0.29) is 11.1 Å². The first-order chi connectivity index (χ1) is 9.62. The molecule has 1 aliphatic rings. The van der Waals surface area contributed by atoms with Crippen LogP contribution in [0.15, 0.2) is 28.7 Å². The van der Waals surface area contributed by atoms with Gasteiger partial charge in [-0.2, -0.15) is 0 Å². The zero-order valence-corrected chi connectivity index (χ0v) is 14.8. The second kappa shape index (κ2) is 5.57. The third-order valence-electron chi connectivity index (χ3n) is 3.18. The molecule has 114 valence electrons. The number of hydrogen-bond acceptors (Lipinski definition) is 4. The van der Waals surface area contributed by atoms with Crippen molar-refractivity contribution < 1.29 is 14.3 Å². The molecule has 0 bridgehead atoms. The topological polar surface area (TPSA) is 47.6 Å². The van der Waals surface area contributed by atoms with Crippen molar-refractivity contribution in [3.05, 3.63) is 34.3 Å². The monoisotopic (exact) mass is 371 g/mol. The van der Waals surface area contributed by atoms with Crippen molar-refractivity contribution in [2.45, 2.75) is 44.9 Å². The van der Waals surface area contributed by atoms with E-state index in [1.807, 2.05) is 52.0 Å². The highest BCUT2D eigenvalue weighted by molar-refractivity contribution is 9.10. The van der Waals surface area contributed by atoms with Gasteiger partial charge in [-0.1, -0.05) is 28.1 Å². The number of esters is 1. The van der Waals surface area contributed by atoms with Crippen molar-refractivity contribution in [3.8, 4) is 0 Å². The molecule has 0 aromatic heterocycles. The lowest BCUT2D eigenvalue weighted by molar-refractivity contribution is -0.161. The van der Waals surface area contributed by atoms with Crippen LogP contribution in [0.5, 0.6) is 0 Å². The Hall–Kier alpha value is -1.14. The average molecular weight is 372 g/mol. The lowest BCUT2D eigenvalue weighted by Gasteiger charge is -2.30. The van der Waals surface area contributed by atoms with Gasteiger partial charge in [0.2, 0.25) is 0 Å². The summed E-state index contributed by atoms with van der Waals surface area (Å²) in [7, 11) is 0. The maximum atomic E-state index is 12.4. The van der Waals surface area contributed by atoms with Crippen LogP contribution < -0.4 is 5.32 Å². The largest absolute Gasteiger partial charge is 0.458 e. The molecule has 21 heavy (non-hydrogen) atoms. The second-order valence-corrected chi connectivity index (χ2v) is 7.40. The number of rotatable bonds is 2. The fourth-order valence-corrected chi connectivity index (χ4v) is 2.74. The Morgan fingerprint density at radius 3 is 2.48 bits per heavy atom. The zero-order chi connectivity index (χ0) is 15.8. The third-order valence-corrected chi connectivity index (χ3v) is 3.91. The van der Waals surface area contributed by atoms with E-state index < -0.39 is 17.2 Å².